The molecular formula is C17H23N9. The normalized spacial score (nSPS) is 11.3. The molecule has 9 heteroatoms. The summed E-state index contributed by atoms with van der Waals surface area (Å²) in [6.45, 7) is 10.3. The highest BCUT2D eigenvalue weighted by molar-refractivity contribution is 5.81. The second-order valence-electron chi connectivity index (χ2n) is 6.55. The molecule has 4 aromatic rings. The van der Waals surface area contributed by atoms with E-state index >= 15 is 0 Å². The lowest BCUT2D eigenvalue weighted by atomic mass is 10.3. The van der Waals surface area contributed by atoms with Crippen molar-refractivity contribution in [3.8, 4) is 0 Å². The molecule has 0 aliphatic carbocycles. The van der Waals surface area contributed by atoms with Gasteiger partial charge in [0.05, 0.1) is 18.3 Å². The third kappa shape index (κ3) is 3.19. The minimum absolute atomic E-state index is 0.333. The molecule has 0 saturated heterocycles. The molecule has 0 atom stereocenters. The van der Waals surface area contributed by atoms with E-state index in [0.717, 1.165) is 22.5 Å². The summed E-state index contributed by atoms with van der Waals surface area (Å²) in [4.78, 5) is 24.7. The predicted octanol–water partition coefficient (Wildman–Crippen LogP) is 2.71. The lowest BCUT2D eigenvalue weighted by molar-refractivity contribution is 0.612. The zero-order valence-electron chi connectivity index (χ0n) is 15.6. The van der Waals surface area contributed by atoms with Crippen molar-refractivity contribution in [1.29, 1.82) is 0 Å². The fourth-order valence-electron chi connectivity index (χ4n) is 2.59. The average molecular weight is 353 g/mol. The van der Waals surface area contributed by atoms with Crippen LogP contribution in [0.3, 0.4) is 0 Å². The first kappa shape index (κ1) is 17.7. The zero-order valence-corrected chi connectivity index (χ0v) is 15.6. The summed E-state index contributed by atoms with van der Waals surface area (Å²) in [5, 5.41) is 0. The first-order valence-electron chi connectivity index (χ1n) is 8.47. The Bertz CT molecular complexity index is 945. The van der Waals surface area contributed by atoms with Crippen LogP contribution in [0.2, 0.25) is 0 Å². The Hall–Kier alpha value is -3.10. The van der Waals surface area contributed by atoms with Crippen molar-refractivity contribution in [2.24, 2.45) is 0 Å². The van der Waals surface area contributed by atoms with Gasteiger partial charge in [0, 0.05) is 12.1 Å². The summed E-state index contributed by atoms with van der Waals surface area (Å²) in [5.41, 5.74) is 9.87. The molecule has 4 aromatic heterocycles. The van der Waals surface area contributed by atoms with Gasteiger partial charge in [-0.25, -0.2) is 29.9 Å². The number of nitrogens with zero attached hydrogens (tertiary/aromatic N) is 8. The molecule has 0 spiro atoms. The third-order valence-electron chi connectivity index (χ3n) is 4.04. The number of nitrogens with two attached hydrogens (primary N) is 1. The van der Waals surface area contributed by atoms with Gasteiger partial charge in [0.25, 0.3) is 0 Å². The number of imidazole rings is 2. The van der Waals surface area contributed by atoms with Gasteiger partial charge in [-0.1, -0.05) is 0 Å². The summed E-state index contributed by atoms with van der Waals surface area (Å²) in [5.74, 6) is 0.435. The maximum absolute atomic E-state index is 5.64. The van der Waals surface area contributed by atoms with Gasteiger partial charge in [0.2, 0.25) is 0 Å². The quantitative estimate of drug-likeness (QED) is 0.589. The second kappa shape index (κ2) is 7.03. The number of hydrogen-bond acceptors (Lipinski definition) is 7. The highest BCUT2D eigenvalue weighted by atomic mass is 15.1. The van der Waals surface area contributed by atoms with Gasteiger partial charge in [-0.2, -0.15) is 0 Å². The molecule has 0 unspecified atom stereocenters. The molecule has 4 heterocycles. The molecule has 2 N–H and O–H groups in total. The number of aromatic nitrogens is 8. The molecule has 0 radical (unpaired) electrons. The van der Waals surface area contributed by atoms with Gasteiger partial charge in [0.1, 0.15) is 23.7 Å². The van der Waals surface area contributed by atoms with Crippen molar-refractivity contribution in [2.75, 3.05) is 5.73 Å². The Labute approximate surface area is 151 Å². The largest absolute Gasteiger partial charge is 0.382 e. The van der Waals surface area contributed by atoms with Crippen LogP contribution in [0.25, 0.3) is 22.3 Å². The number of hydrogen-bond donors (Lipinski definition) is 1. The summed E-state index contributed by atoms with van der Waals surface area (Å²) in [6.07, 6.45) is 6.59. The van der Waals surface area contributed by atoms with Gasteiger partial charge < -0.3 is 14.9 Å². The SMILES string of the molecule is CC(C)n1cnc2c(N)ncnc21.Cc1ncnc2c1ncn2C(C)C. The van der Waals surface area contributed by atoms with Crippen molar-refractivity contribution >= 4 is 28.1 Å². The van der Waals surface area contributed by atoms with E-state index in [9.17, 15) is 0 Å². The minimum atomic E-state index is 0.333. The van der Waals surface area contributed by atoms with Gasteiger partial charge in [0.15, 0.2) is 17.1 Å². The molecule has 4 rings (SSSR count). The molecule has 0 aliphatic heterocycles. The topological polar surface area (TPSA) is 113 Å². The molecule has 0 saturated carbocycles. The van der Waals surface area contributed by atoms with Crippen LogP contribution in [-0.4, -0.2) is 39.0 Å². The van der Waals surface area contributed by atoms with Crippen LogP contribution in [0, 0.1) is 6.92 Å². The van der Waals surface area contributed by atoms with E-state index in [1.165, 1.54) is 6.33 Å². The first-order chi connectivity index (χ1) is 12.4. The average Bonchev–Trinajstić information content (AvgIpc) is 3.21. The van der Waals surface area contributed by atoms with Gasteiger partial charge in [-0.05, 0) is 34.6 Å². The molecule has 0 aliphatic rings. The van der Waals surface area contributed by atoms with Gasteiger partial charge >= 0.3 is 0 Å². The zero-order chi connectivity index (χ0) is 18.8. The maximum Gasteiger partial charge on any atom is 0.165 e. The number of aryl methyl sites for hydroxylation is 1. The summed E-state index contributed by atoms with van der Waals surface area (Å²) < 4.78 is 4.01. The third-order valence-corrected chi connectivity index (χ3v) is 4.04. The van der Waals surface area contributed by atoms with E-state index in [1.54, 1.807) is 12.7 Å². The van der Waals surface area contributed by atoms with E-state index in [-0.39, 0.29) is 0 Å². The fraction of sp³-hybridized carbons (Fsp3) is 0.412. The number of rotatable bonds is 2. The second-order valence-corrected chi connectivity index (χ2v) is 6.55. The highest BCUT2D eigenvalue weighted by Gasteiger charge is 2.09. The van der Waals surface area contributed by atoms with Crippen LogP contribution in [0.4, 0.5) is 5.82 Å². The summed E-state index contributed by atoms with van der Waals surface area (Å²) >= 11 is 0. The first-order valence-corrected chi connectivity index (χ1v) is 8.47. The van der Waals surface area contributed by atoms with Crippen LogP contribution in [0.15, 0.2) is 25.3 Å². The Morgan fingerprint density at radius 3 is 1.81 bits per heavy atom. The number of nitrogen functional groups attached to an aromatic ring is 1. The summed E-state index contributed by atoms with van der Waals surface area (Å²) in [7, 11) is 0. The van der Waals surface area contributed by atoms with Gasteiger partial charge in [-0.3, -0.25) is 0 Å². The monoisotopic (exact) mass is 353 g/mol. The summed E-state index contributed by atoms with van der Waals surface area (Å²) in [6, 6.07) is 0.721. The highest BCUT2D eigenvalue weighted by Crippen LogP contribution is 2.18. The Morgan fingerprint density at radius 1 is 0.731 bits per heavy atom. The molecular weight excluding hydrogens is 330 g/mol. The lowest BCUT2D eigenvalue weighted by Gasteiger charge is -2.06. The van der Waals surface area contributed by atoms with Gasteiger partial charge in [-0.15, -0.1) is 0 Å². The van der Waals surface area contributed by atoms with Crippen molar-refractivity contribution in [1.82, 2.24) is 39.0 Å². The minimum Gasteiger partial charge on any atom is -0.382 e. The molecule has 9 nitrogen and oxygen atoms in total. The van der Waals surface area contributed by atoms with Crippen LogP contribution in [0.5, 0.6) is 0 Å². The van der Waals surface area contributed by atoms with Crippen molar-refractivity contribution < 1.29 is 0 Å². The standard InChI is InChI=1S/C9H12N4.C8H11N5/c1-6(2)13-5-12-8-7(3)10-4-11-9(8)13;1-5(2)13-4-12-6-7(9)10-3-11-8(6)13/h4-6H,1-3H3;3-5H,1-2H3,(H2,9,10,11). The lowest BCUT2D eigenvalue weighted by Crippen LogP contribution is -2.00. The number of fused-ring (bicyclic) bond motifs is 2. The molecule has 0 bridgehead atoms. The Morgan fingerprint density at radius 2 is 1.23 bits per heavy atom. The van der Waals surface area contributed by atoms with E-state index < -0.39 is 0 Å². The predicted molar refractivity (Wildman–Crippen MR) is 101 cm³/mol. The molecule has 136 valence electrons. The maximum atomic E-state index is 5.64. The number of anilines is 1. The van der Waals surface area contributed by atoms with E-state index in [1.807, 2.05) is 22.4 Å². The van der Waals surface area contributed by atoms with Crippen molar-refractivity contribution in [3.05, 3.63) is 31.0 Å². The van der Waals surface area contributed by atoms with E-state index in [2.05, 4.69) is 57.6 Å². The smallest absolute Gasteiger partial charge is 0.165 e. The van der Waals surface area contributed by atoms with Crippen LogP contribution < -0.4 is 5.73 Å². The Balaban J connectivity index is 0.000000151. The van der Waals surface area contributed by atoms with Crippen LogP contribution in [0.1, 0.15) is 45.5 Å². The van der Waals surface area contributed by atoms with Crippen LogP contribution in [-0.2, 0) is 0 Å². The van der Waals surface area contributed by atoms with Crippen molar-refractivity contribution in [2.45, 2.75) is 46.7 Å². The molecule has 26 heavy (non-hydrogen) atoms. The van der Waals surface area contributed by atoms with E-state index in [0.29, 0.717) is 23.4 Å². The van der Waals surface area contributed by atoms with Crippen molar-refractivity contribution in [3.63, 3.8) is 0 Å². The van der Waals surface area contributed by atoms with Crippen LogP contribution >= 0.6 is 0 Å². The van der Waals surface area contributed by atoms with E-state index in [4.69, 9.17) is 5.73 Å². The molecule has 0 amide bonds. The molecule has 0 fully saturated rings. The Kier molecular flexibility index (Phi) is 4.79. The molecule has 0 aromatic carbocycles. The fourth-order valence-corrected chi connectivity index (χ4v) is 2.59.